The summed E-state index contributed by atoms with van der Waals surface area (Å²) in [5.41, 5.74) is 1.14. The van der Waals surface area contributed by atoms with Crippen LogP contribution in [0, 0.1) is 22.7 Å². The number of hydrogen-bond donors (Lipinski definition) is 0. The van der Waals surface area contributed by atoms with Gasteiger partial charge < -0.3 is 4.90 Å². The second kappa shape index (κ2) is 6.06. The van der Waals surface area contributed by atoms with Gasteiger partial charge >= 0.3 is 0 Å². The number of para-hydroxylation sites is 1. The van der Waals surface area contributed by atoms with Crippen LogP contribution in [0.15, 0.2) is 54.3 Å². The lowest BCUT2D eigenvalue weighted by Crippen LogP contribution is -2.06. The van der Waals surface area contributed by atoms with E-state index in [1.165, 1.54) is 6.08 Å². The molecule has 0 amide bonds. The van der Waals surface area contributed by atoms with Gasteiger partial charge in [-0.05, 0) is 24.3 Å². The van der Waals surface area contributed by atoms with Crippen LogP contribution in [0.25, 0.3) is 0 Å². The molecule has 78 valence electrons. The zero-order chi connectivity index (χ0) is 11.8. The van der Waals surface area contributed by atoms with Crippen LogP contribution in [-0.2, 0) is 0 Å². The van der Waals surface area contributed by atoms with Crippen molar-refractivity contribution in [1.29, 1.82) is 10.5 Å². The van der Waals surface area contributed by atoms with Gasteiger partial charge in [0, 0.05) is 18.9 Å². The van der Waals surface area contributed by atoms with Gasteiger partial charge in [-0.15, -0.1) is 0 Å². The van der Waals surface area contributed by atoms with Gasteiger partial charge in [0.1, 0.15) is 17.7 Å². The lowest BCUT2D eigenvalue weighted by Gasteiger charge is -2.12. The molecule has 0 radical (unpaired) electrons. The van der Waals surface area contributed by atoms with Crippen LogP contribution in [0.4, 0.5) is 5.69 Å². The van der Waals surface area contributed by atoms with Crippen molar-refractivity contribution in [2.45, 2.75) is 0 Å². The lowest BCUT2D eigenvalue weighted by atomic mass is 10.3. The van der Waals surface area contributed by atoms with Crippen LogP contribution < -0.4 is 4.90 Å². The predicted octanol–water partition coefficient (Wildman–Crippen LogP) is 2.61. The summed E-state index contributed by atoms with van der Waals surface area (Å²) in [4.78, 5) is 1.91. The summed E-state index contributed by atoms with van der Waals surface area (Å²) >= 11 is 0. The summed E-state index contributed by atoms with van der Waals surface area (Å²) in [6, 6.07) is 13.4. The topological polar surface area (TPSA) is 50.8 Å². The third kappa shape index (κ3) is 3.32. The van der Waals surface area contributed by atoms with Gasteiger partial charge in [-0.3, -0.25) is 0 Å². The summed E-state index contributed by atoms with van der Waals surface area (Å²) in [7, 11) is 1.90. The van der Waals surface area contributed by atoms with E-state index in [0.717, 1.165) is 5.69 Å². The van der Waals surface area contributed by atoms with Gasteiger partial charge in [-0.2, -0.15) is 10.5 Å². The quantitative estimate of drug-likeness (QED) is 0.568. The Kier molecular flexibility index (Phi) is 4.37. The predicted molar refractivity (Wildman–Crippen MR) is 63.3 cm³/mol. The summed E-state index contributed by atoms with van der Waals surface area (Å²) < 4.78 is 0. The second-order valence-electron chi connectivity index (χ2n) is 3.09. The fourth-order valence-corrected chi connectivity index (χ4v) is 1.12. The maximum absolute atomic E-state index is 8.52. The fraction of sp³-hybridized carbons (Fsp3) is 0.0769. The van der Waals surface area contributed by atoms with Crippen molar-refractivity contribution in [3.05, 3.63) is 54.3 Å². The molecule has 16 heavy (non-hydrogen) atoms. The molecular weight excluding hydrogens is 198 g/mol. The smallest absolute Gasteiger partial charge is 0.129 e. The molecule has 0 bridgehead atoms. The Morgan fingerprint density at radius 2 is 1.81 bits per heavy atom. The Labute approximate surface area is 95.2 Å². The van der Waals surface area contributed by atoms with E-state index in [9.17, 15) is 0 Å². The Morgan fingerprint density at radius 3 is 2.38 bits per heavy atom. The number of benzene rings is 1. The maximum Gasteiger partial charge on any atom is 0.129 e. The van der Waals surface area contributed by atoms with Crippen LogP contribution in [0.1, 0.15) is 0 Å². The second-order valence-corrected chi connectivity index (χ2v) is 3.09. The molecule has 0 fully saturated rings. The van der Waals surface area contributed by atoms with Crippen LogP contribution in [-0.4, -0.2) is 7.05 Å². The molecule has 0 aliphatic rings. The SMILES string of the molecule is CN(C=CC=C(C#N)C#N)c1ccccc1. The highest BCUT2D eigenvalue weighted by atomic mass is 15.1. The molecule has 0 aliphatic heterocycles. The Hall–Kier alpha value is -2.52. The number of hydrogen-bond acceptors (Lipinski definition) is 3. The van der Waals surface area contributed by atoms with Crippen LogP contribution >= 0.6 is 0 Å². The highest BCUT2D eigenvalue weighted by molar-refractivity contribution is 5.48. The Bertz CT molecular complexity index is 456. The Morgan fingerprint density at radius 1 is 1.19 bits per heavy atom. The van der Waals surface area contributed by atoms with Crippen LogP contribution in [0.3, 0.4) is 0 Å². The first kappa shape index (κ1) is 11.6. The summed E-state index contributed by atoms with van der Waals surface area (Å²) in [6.07, 6.45) is 4.96. The van der Waals surface area contributed by atoms with E-state index in [1.807, 2.05) is 42.3 Å². The molecule has 0 aliphatic carbocycles. The molecule has 1 aromatic rings. The molecule has 1 aromatic carbocycles. The first-order valence-corrected chi connectivity index (χ1v) is 4.74. The first-order chi connectivity index (χ1) is 7.77. The van der Waals surface area contributed by atoms with Crippen molar-refractivity contribution in [3.8, 4) is 12.1 Å². The van der Waals surface area contributed by atoms with E-state index in [1.54, 1.807) is 24.4 Å². The van der Waals surface area contributed by atoms with E-state index < -0.39 is 0 Å². The number of nitrogens with zero attached hydrogens (tertiary/aromatic N) is 3. The molecule has 0 heterocycles. The van der Waals surface area contributed by atoms with E-state index in [-0.39, 0.29) is 5.57 Å². The van der Waals surface area contributed by atoms with Gasteiger partial charge in [0.15, 0.2) is 0 Å². The van der Waals surface area contributed by atoms with Crippen molar-refractivity contribution >= 4 is 5.69 Å². The van der Waals surface area contributed by atoms with Gasteiger partial charge in [0.25, 0.3) is 0 Å². The number of rotatable bonds is 3. The standard InChI is InChI=1S/C13H11N3/c1-16(13-7-3-2-4-8-13)9-5-6-12(10-14)11-15/h2-9H,1H3. The Balaban J connectivity index is 2.70. The van der Waals surface area contributed by atoms with Crippen molar-refractivity contribution in [3.63, 3.8) is 0 Å². The average molecular weight is 209 g/mol. The molecule has 3 heteroatoms. The fourth-order valence-electron chi connectivity index (χ4n) is 1.12. The number of nitriles is 2. The van der Waals surface area contributed by atoms with Crippen molar-refractivity contribution in [2.75, 3.05) is 11.9 Å². The van der Waals surface area contributed by atoms with E-state index >= 15 is 0 Å². The maximum atomic E-state index is 8.52. The van der Waals surface area contributed by atoms with Crippen LogP contribution in [0.2, 0.25) is 0 Å². The highest BCUT2D eigenvalue weighted by Gasteiger charge is 1.93. The van der Waals surface area contributed by atoms with Crippen molar-refractivity contribution in [2.24, 2.45) is 0 Å². The molecule has 0 aromatic heterocycles. The van der Waals surface area contributed by atoms with Crippen molar-refractivity contribution < 1.29 is 0 Å². The van der Waals surface area contributed by atoms with E-state index in [0.29, 0.717) is 0 Å². The highest BCUT2D eigenvalue weighted by Crippen LogP contribution is 2.10. The third-order valence-electron chi connectivity index (χ3n) is 1.98. The molecular formula is C13H11N3. The van der Waals surface area contributed by atoms with Gasteiger partial charge in [0.05, 0.1) is 0 Å². The lowest BCUT2D eigenvalue weighted by molar-refractivity contribution is 1.20. The van der Waals surface area contributed by atoms with Gasteiger partial charge in [-0.1, -0.05) is 18.2 Å². The summed E-state index contributed by atoms with van der Waals surface area (Å²) in [5, 5.41) is 17.0. The molecule has 0 saturated heterocycles. The minimum Gasteiger partial charge on any atom is -0.351 e. The number of anilines is 1. The molecule has 3 nitrogen and oxygen atoms in total. The summed E-state index contributed by atoms with van der Waals surface area (Å²) in [5.74, 6) is 0. The first-order valence-electron chi connectivity index (χ1n) is 4.74. The van der Waals surface area contributed by atoms with Crippen LogP contribution in [0.5, 0.6) is 0 Å². The third-order valence-corrected chi connectivity index (χ3v) is 1.98. The molecule has 0 saturated carbocycles. The number of allylic oxidation sites excluding steroid dienone is 3. The minimum atomic E-state index is 0.0951. The normalized spacial score (nSPS) is 9.19. The van der Waals surface area contributed by atoms with E-state index in [4.69, 9.17) is 10.5 Å². The molecule has 0 spiro atoms. The molecule has 0 N–H and O–H groups in total. The summed E-state index contributed by atoms with van der Waals surface area (Å²) in [6.45, 7) is 0. The zero-order valence-corrected chi connectivity index (χ0v) is 8.96. The van der Waals surface area contributed by atoms with Gasteiger partial charge in [-0.25, -0.2) is 0 Å². The largest absolute Gasteiger partial charge is 0.351 e. The minimum absolute atomic E-state index is 0.0951. The van der Waals surface area contributed by atoms with Gasteiger partial charge in [0.2, 0.25) is 0 Å². The van der Waals surface area contributed by atoms with E-state index in [2.05, 4.69) is 0 Å². The molecule has 0 atom stereocenters. The van der Waals surface area contributed by atoms with Crippen molar-refractivity contribution in [1.82, 2.24) is 0 Å². The zero-order valence-electron chi connectivity index (χ0n) is 8.96. The average Bonchev–Trinajstić information content (AvgIpc) is 2.35. The molecule has 1 rings (SSSR count). The molecule has 0 unspecified atom stereocenters. The monoisotopic (exact) mass is 209 g/mol.